The maximum Gasteiger partial charge on any atom is 0.242 e. The SMILES string of the molecule is [C-]#[N+]c1cc(C)c(CNc2cc(OCc3cn4cc(C5CC5)ccc4n3)nc(-c3nn[nH]n3)n2)c(C)c1. The van der Waals surface area contributed by atoms with Crippen molar-refractivity contribution in [3.63, 3.8) is 0 Å². The van der Waals surface area contributed by atoms with Crippen LogP contribution in [0.25, 0.3) is 22.1 Å². The van der Waals surface area contributed by atoms with E-state index < -0.39 is 0 Å². The summed E-state index contributed by atoms with van der Waals surface area (Å²) in [5.41, 5.74) is 6.85. The van der Waals surface area contributed by atoms with Crippen molar-refractivity contribution in [2.24, 2.45) is 0 Å². The van der Waals surface area contributed by atoms with E-state index in [0.717, 1.165) is 28.0 Å². The Bertz CT molecular complexity index is 1610. The molecule has 1 saturated carbocycles. The van der Waals surface area contributed by atoms with E-state index in [0.29, 0.717) is 29.8 Å². The topological polar surface area (TPSA) is 123 Å². The molecule has 4 heterocycles. The van der Waals surface area contributed by atoms with E-state index >= 15 is 0 Å². The third kappa shape index (κ3) is 4.81. The van der Waals surface area contributed by atoms with Crippen LogP contribution in [0.4, 0.5) is 11.5 Å². The van der Waals surface area contributed by atoms with Crippen LogP contribution < -0.4 is 10.1 Å². The van der Waals surface area contributed by atoms with Crippen LogP contribution in [-0.4, -0.2) is 40.0 Å². The standard InChI is InChI=1S/C26H24N10O/c1-15-8-19(27-3)9-16(2)21(15)11-28-22-10-24(31-25(30-22)26-32-34-35-33-26)37-14-20-13-36-12-18(17-4-5-17)6-7-23(36)29-20/h6-10,12-13,17H,4-5,11,14H2,1-2H3,(H,28,30,31)(H,32,33,34,35). The van der Waals surface area contributed by atoms with Crippen LogP contribution in [0.5, 0.6) is 5.88 Å². The summed E-state index contributed by atoms with van der Waals surface area (Å²) in [5.74, 6) is 2.16. The molecular weight excluding hydrogens is 468 g/mol. The van der Waals surface area contributed by atoms with Gasteiger partial charge in [-0.05, 0) is 55.0 Å². The zero-order chi connectivity index (χ0) is 25.4. The number of ether oxygens (including phenoxy) is 1. The number of benzene rings is 1. The molecule has 0 bridgehead atoms. The van der Waals surface area contributed by atoms with Gasteiger partial charge >= 0.3 is 0 Å². The lowest BCUT2D eigenvalue weighted by atomic mass is 10.0. The lowest BCUT2D eigenvalue weighted by Crippen LogP contribution is -2.07. The highest BCUT2D eigenvalue weighted by molar-refractivity contribution is 5.55. The number of H-pyrrole nitrogens is 1. The van der Waals surface area contributed by atoms with Crippen molar-refractivity contribution in [2.75, 3.05) is 5.32 Å². The summed E-state index contributed by atoms with van der Waals surface area (Å²) in [4.78, 5) is 17.2. The number of fused-ring (bicyclic) bond motifs is 1. The predicted molar refractivity (Wildman–Crippen MR) is 136 cm³/mol. The molecule has 1 fully saturated rings. The molecular formula is C26H24N10O. The molecule has 1 aliphatic rings. The molecule has 2 N–H and O–H groups in total. The van der Waals surface area contributed by atoms with Gasteiger partial charge in [0.1, 0.15) is 18.1 Å². The van der Waals surface area contributed by atoms with Crippen LogP contribution in [0.15, 0.2) is 42.7 Å². The maximum atomic E-state index is 7.27. The van der Waals surface area contributed by atoms with Crippen molar-refractivity contribution in [3.05, 3.63) is 82.1 Å². The fourth-order valence-corrected chi connectivity index (χ4v) is 4.38. The number of hydrogen-bond donors (Lipinski definition) is 2. The summed E-state index contributed by atoms with van der Waals surface area (Å²) in [5, 5.41) is 17.4. The molecule has 37 heavy (non-hydrogen) atoms. The lowest BCUT2D eigenvalue weighted by molar-refractivity contribution is 0.290. The van der Waals surface area contributed by atoms with Crippen LogP contribution in [0.1, 0.15) is 46.7 Å². The molecule has 0 unspecified atom stereocenters. The van der Waals surface area contributed by atoms with Crippen molar-refractivity contribution in [2.45, 2.75) is 45.8 Å². The summed E-state index contributed by atoms with van der Waals surface area (Å²) in [6.45, 7) is 12.0. The largest absolute Gasteiger partial charge is 0.471 e. The van der Waals surface area contributed by atoms with Crippen LogP contribution in [0.2, 0.25) is 0 Å². The Kier molecular flexibility index (Phi) is 5.69. The van der Waals surface area contributed by atoms with Gasteiger partial charge in [0.15, 0.2) is 5.69 Å². The Morgan fingerprint density at radius 3 is 2.65 bits per heavy atom. The highest BCUT2D eigenvalue weighted by Gasteiger charge is 2.23. The van der Waals surface area contributed by atoms with Gasteiger partial charge in [-0.1, -0.05) is 29.3 Å². The van der Waals surface area contributed by atoms with Crippen molar-refractivity contribution >= 4 is 17.2 Å². The number of aryl methyl sites for hydroxylation is 2. The number of rotatable bonds is 8. The number of pyridine rings is 1. The Labute approximate surface area is 212 Å². The molecule has 11 nitrogen and oxygen atoms in total. The van der Waals surface area contributed by atoms with Crippen molar-refractivity contribution < 1.29 is 4.74 Å². The summed E-state index contributed by atoms with van der Waals surface area (Å²) in [6, 6.07) is 9.72. The molecule has 6 rings (SSSR count). The van der Waals surface area contributed by atoms with Crippen molar-refractivity contribution in [1.82, 2.24) is 40.0 Å². The van der Waals surface area contributed by atoms with Crippen LogP contribution in [0, 0.1) is 20.4 Å². The normalized spacial score (nSPS) is 13.0. The Hall–Kier alpha value is -4.85. The molecule has 11 heteroatoms. The summed E-state index contributed by atoms with van der Waals surface area (Å²) < 4.78 is 8.08. The zero-order valence-electron chi connectivity index (χ0n) is 20.4. The number of anilines is 1. The zero-order valence-corrected chi connectivity index (χ0v) is 20.4. The highest BCUT2D eigenvalue weighted by Crippen LogP contribution is 2.39. The van der Waals surface area contributed by atoms with Crippen LogP contribution >= 0.6 is 0 Å². The first-order chi connectivity index (χ1) is 18.1. The number of nitrogens with one attached hydrogen (secondary N) is 2. The molecule has 0 radical (unpaired) electrons. The third-order valence-electron chi connectivity index (χ3n) is 6.44. The van der Waals surface area contributed by atoms with Gasteiger partial charge in [-0.15, -0.1) is 10.2 Å². The van der Waals surface area contributed by atoms with Crippen LogP contribution in [-0.2, 0) is 13.2 Å². The maximum absolute atomic E-state index is 7.27. The Morgan fingerprint density at radius 1 is 1.08 bits per heavy atom. The third-order valence-corrected chi connectivity index (χ3v) is 6.44. The van der Waals surface area contributed by atoms with Crippen LogP contribution in [0.3, 0.4) is 0 Å². The quantitative estimate of drug-likeness (QED) is 0.303. The van der Waals surface area contributed by atoms with Gasteiger partial charge in [0.25, 0.3) is 0 Å². The van der Waals surface area contributed by atoms with E-state index in [1.165, 1.54) is 18.4 Å². The second-order valence-electron chi connectivity index (χ2n) is 9.20. The first-order valence-electron chi connectivity index (χ1n) is 12.0. The summed E-state index contributed by atoms with van der Waals surface area (Å²) >= 11 is 0. The molecule has 1 aromatic carbocycles. The number of imidazole rings is 1. The highest BCUT2D eigenvalue weighted by atomic mass is 16.5. The van der Waals surface area contributed by atoms with E-state index in [4.69, 9.17) is 11.3 Å². The first-order valence-corrected chi connectivity index (χ1v) is 12.0. The summed E-state index contributed by atoms with van der Waals surface area (Å²) in [7, 11) is 0. The Morgan fingerprint density at radius 2 is 1.92 bits per heavy atom. The van der Waals surface area contributed by atoms with E-state index in [1.807, 2.05) is 42.6 Å². The van der Waals surface area contributed by atoms with E-state index in [1.54, 1.807) is 6.07 Å². The number of aromatic amines is 1. The summed E-state index contributed by atoms with van der Waals surface area (Å²) in [6.07, 6.45) is 6.65. The fraction of sp³-hybridized carbons (Fsp3) is 0.269. The monoisotopic (exact) mass is 492 g/mol. The van der Waals surface area contributed by atoms with Crippen molar-refractivity contribution in [3.8, 4) is 17.5 Å². The molecule has 0 spiro atoms. The minimum Gasteiger partial charge on any atom is -0.471 e. The predicted octanol–water partition coefficient (Wildman–Crippen LogP) is 4.54. The molecule has 0 atom stereocenters. The second-order valence-corrected chi connectivity index (χ2v) is 9.20. The number of tetrazole rings is 1. The minimum absolute atomic E-state index is 0.249. The van der Waals surface area contributed by atoms with Gasteiger partial charge < -0.3 is 14.5 Å². The minimum atomic E-state index is 0.249. The van der Waals surface area contributed by atoms with E-state index in [-0.39, 0.29) is 18.3 Å². The Balaban J connectivity index is 1.23. The molecule has 0 aliphatic heterocycles. The number of nitrogens with zero attached hydrogens (tertiary/aromatic N) is 8. The van der Waals surface area contributed by atoms with Crippen molar-refractivity contribution in [1.29, 1.82) is 0 Å². The average molecular weight is 493 g/mol. The van der Waals surface area contributed by atoms with E-state index in [9.17, 15) is 0 Å². The second kappa shape index (κ2) is 9.31. The molecule has 1 aliphatic carbocycles. The van der Waals surface area contributed by atoms with Gasteiger partial charge in [-0.3, -0.25) is 0 Å². The lowest BCUT2D eigenvalue weighted by Gasteiger charge is -2.13. The fourth-order valence-electron chi connectivity index (χ4n) is 4.38. The number of hydrogen-bond acceptors (Lipinski definition) is 8. The van der Waals surface area contributed by atoms with Gasteiger partial charge in [0, 0.05) is 25.0 Å². The molecule has 0 saturated heterocycles. The average Bonchev–Trinajstić information content (AvgIpc) is 3.43. The molecule has 184 valence electrons. The number of aromatic nitrogens is 8. The first kappa shape index (κ1) is 22.6. The van der Waals surface area contributed by atoms with Gasteiger partial charge in [0.2, 0.25) is 17.5 Å². The smallest absolute Gasteiger partial charge is 0.242 e. The van der Waals surface area contributed by atoms with Gasteiger partial charge in [-0.2, -0.15) is 10.2 Å². The van der Waals surface area contributed by atoms with Gasteiger partial charge in [0.05, 0.1) is 12.3 Å². The van der Waals surface area contributed by atoms with E-state index in [2.05, 4.69) is 58.0 Å². The molecule has 4 aromatic heterocycles. The van der Waals surface area contributed by atoms with Gasteiger partial charge in [-0.25, -0.2) is 14.8 Å². The molecule has 5 aromatic rings. The molecule has 0 amide bonds.